The van der Waals surface area contributed by atoms with Gasteiger partial charge in [-0.1, -0.05) is 36.4 Å². The Labute approximate surface area is 188 Å². The third-order valence-corrected chi connectivity index (χ3v) is 6.12. The van der Waals surface area contributed by atoms with Gasteiger partial charge in [0.05, 0.1) is 11.3 Å². The maximum absolute atomic E-state index is 13.5. The number of aromatic carboxylic acids is 1. The fourth-order valence-electron chi connectivity index (χ4n) is 4.36. The lowest BCUT2D eigenvalue weighted by Gasteiger charge is -2.35. The van der Waals surface area contributed by atoms with Gasteiger partial charge < -0.3 is 10.0 Å². The van der Waals surface area contributed by atoms with Crippen molar-refractivity contribution in [3.05, 3.63) is 76.2 Å². The number of likely N-dealkylation sites (N-methyl/N-ethyl adjacent to an activating group) is 1. The van der Waals surface area contributed by atoms with E-state index in [-0.39, 0.29) is 11.1 Å². The highest BCUT2D eigenvalue weighted by Gasteiger charge is 2.25. The molecular weight excluding hydrogens is 404 g/mol. The first-order valence-corrected chi connectivity index (χ1v) is 11.0. The van der Waals surface area contributed by atoms with Crippen molar-refractivity contribution in [2.75, 3.05) is 53.4 Å². The summed E-state index contributed by atoms with van der Waals surface area (Å²) in [6, 6.07) is 16.3. The average molecular weight is 435 g/mol. The van der Waals surface area contributed by atoms with Crippen molar-refractivity contribution < 1.29 is 9.90 Å². The van der Waals surface area contributed by atoms with Crippen LogP contribution < -0.4 is 5.56 Å². The Kier molecular flexibility index (Phi) is 6.69. The van der Waals surface area contributed by atoms with Gasteiger partial charge in [-0.25, -0.2) is 4.79 Å². The molecule has 3 aromatic rings. The van der Waals surface area contributed by atoms with Crippen molar-refractivity contribution in [1.29, 1.82) is 0 Å². The van der Waals surface area contributed by atoms with Crippen LogP contribution in [0.4, 0.5) is 0 Å². The molecule has 32 heavy (non-hydrogen) atoms. The molecule has 1 fully saturated rings. The number of hydrogen-bond acceptors (Lipinski definition) is 5. The van der Waals surface area contributed by atoms with Crippen LogP contribution in [0.3, 0.4) is 0 Å². The molecule has 7 heteroatoms. The number of carboxylic acids is 1. The third-order valence-electron chi connectivity index (χ3n) is 6.12. The molecule has 0 spiro atoms. The number of carboxylic acid groups (broad SMARTS) is 1. The fourth-order valence-corrected chi connectivity index (χ4v) is 4.36. The van der Waals surface area contributed by atoms with Crippen molar-refractivity contribution in [2.24, 2.45) is 0 Å². The van der Waals surface area contributed by atoms with Crippen LogP contribution in [0.5, 0.6) is 0 Å². The number of benzene rings is 2. The minimum absolute atomic E-state index is 0.184. The highest BCUT2D eigenvalue weighted by Crippen LogP contribution is 2.24. The Morgan fingerprint density at radius 1 is 0.906 bits per heavy atom. The van der Waals surface area contributed by atoms with Crippen LogP contribution in [0.2, 0.25) is 0 Å². The highest BCUT2D eigenvalue weighted by atomic mass is 16.4. The summed E-state index contributed by atoms with van der Waals surface area (Å²) < 4.78 is 1.59. The van der Waals surface area contributed by atoms with Gasteiger partial charge in [0.15, 0.2) is 0 Å². The van der Waals surface area contributed by atoms with Gasteiger partial charge in [-0.3, -0.25) is 19.2 Å². The summed E-state index contributed by atoms with van der Waals surface area (Å²) in [5.41, 5.74) is 1.25. The number of nitrogens with zero attached hydrogens (tertiary/aromatic N) is 4. The molecule has 0 atom stereocenters. The van der Waals surface area contributed by atoms with Gasteiger partial charge >= 0.3 is 5.97 Å². The molecule has 0 aliphatic carbocycles. The van der Waals surface area contributed by atoms with Crippen molar-refractivity contribution >= 4 is 16.7 Å². The number of fused-ring (bicyclic) bond motifs is 1. The molecule has 2 heterocycles. The van der Waals surface area contributed by atoms with Crippen LogP contribution in [0, 0.1) is 0 Å². The minimum Gasteiger partial charge on any atom is -0.478 e. The lowest BCUT2D eigenvalue weighted by atomic mass is 10.0. The van der Waals surface area contributed by atoms with E-state index >= 15 is 0 Å². The van der Waals surface area contributed by atoms with E-state index < -0.39 is 5.97 Å². The summed E-state index contributed by atoms with van der Waals surface area (Å²) in [5.74, 6) is -1.01. The molecule has 1 aliphatic heterocycles. The van der Waals surface area contributed by atoms with E-state index in [2.05, 4.69) is 28.8 Å². The van der Waals surface area contributed by atoms with Crippen LogP contribution in [-0.2, 0) is 6.54 Å². The summed E-state index contributed by atoms with van der Waals surface area (Å²) >= 11 is 0. The maximum Gasteiger partial charge on any atom is 0.338 e. The summed E-state index contributed by atoms with van der Waals surface area (Å²) in [4.78, 5) is 32.8. The molecule has 4 rings (SSSR count). The number of hydrogen-bond donors (Lipinski definition) is 1. The van der Waals surface area contributed by atoms with Crippen molar-refractivity contribution in [3.8, 4) is 5.69 Å². The summed E-state index contributed by atoms with van der Waals surface area (Å²) in [6.07, 6.45) is 0. The van der Waals surface area contributed by atoms with Crippen molar-refractivity contribution in [1.82, 2.24) is 19.3 Å². The topological polar surface area (TPSA) is 69.0 Å². The Bertz CT molecular complexity index is 1150. The zero-order chi connectivity index (χ0) is 22.7. The molecule has 0 saturated carbocycles. The number of aromatic nitrogens is 1. The molecule has 168 valence electrons. The molecule has 0 amide bonds. The van der Waals surface area contributed by atoms with E-state index in [0.29, 0.717) is 28.7 Å². The van der Waals surface area contributed by atoms with E-state index in [4.69, 9.17) is 0 Å². The maximum atomic E-state index is 13.5. The largest absolute Gasteiger partial charge is 0.478 e. The average Bonchev–Trinajstić information content (AvgIpc) is 2.79. The second kappa shape index (κ2) is 9.65. The van der Waals surface area contributed by atoms with Gasteiger partial charge in [0, 0.05) is 62.3 Å². The third kappa shape index (κ3) is 4.60. The Morgan fingerprint density at radius 3 is 2.12 bits per heavy atom. The van der Waals surface area contributed by atoms with Crippen LogP contribution in [0.15, 0.2) is 59.4 Å². The van der Waals surface area contributed by atoms with Crippen LogP contribution in [0.25, 0.3) is 16.5 Å². The van der Waals surface area contributed by atoms with E-state index in [9.17, 15) is 14.7 Å². The first-order valence-electron chi connectivity index (χ1n) is 11.0. The molecule has 0 unspecified atom stereocenters. The SMILES string of the molecule is CN(C)CCN1CCN(Cc2c(C(=O)O)c3ccccc3c(=O)n2-c2ccccc2)CC1. The minimum atomic E-state index is -1.01. The number of rotatable bonds is 7. The number of para-hydroxylation sites is 1. The normalized spacial score (nSPS) is 15.5. The van der Waals surface area contributed by atoms with Crippen molar-refractivity contribution in [2.45, 2.75) is 6.54 Å². The predicted octanol–water partition coefficient (Wildman–Crippen LogP) is 2.37. The molecule has 7 nitrogen and oxygen atoms in total. The summed E-state index contributed by atoms with van der Waals surface area (Å²) in [5, 5.41) is 11.1. The number of carbonyl (C=O) groups is 1. The smallest absolute Gasteiger partial charge is 0.338 e. The van der Waals surface area contributed by atoms with E-state index in [1.54, 1.807) is 28.8 Å². The highest BCUT2D eigenvalue weighted by molar-refractivity contribution is 6.04. The lowest BCUT2D eigenvalue weighted by molar-refractivity contribution is 0.0693. The zero-order valence-corrected chi connectivity index (χ0v) is 18.7. The molecule has 0 bridgehead atoms. The molecule has 1 saturated heterocycles. The Balaban J connectivity index is 1.74. The van der Waals surface area contributed by atoms with E-state index in [1.165, 1.54) is 0 Å². The van der Waals surface area contributed by atoms with Crippen LogP contribution in [0.1, 0.15) is 16.1 Å². The van der Waals surface area contributed by atoms with Gasteiger partial charge in [0.2, 0.25) is 0 Å². The first kappa shape index (κ1) is 22.2. The quantitative estimate of drug-likeness (QED) is 0.616. The second-order valence-corrected chi connectivity index (χ2v) is 8.57. The van der Waals surface area contributed by atoms with Gasteiger partial charge in [-0.2, -0.15) is 0 Å². The monoisotopic (exact) mass is 434 g/mol. The van der Waals surface area contributed by atoms with Gasteiger partial charge in [0.1, 0.15) is 0 Å². The number of pyridine rings is 1. The number of piperazine rings is 1. The molecule has 1 aliphatic rings. The van der Waals surface area contributed by atoms with Crippen molar-refractivity contribution in [3.63, 3.8) is 0 Å². The molecule has 1 aromatic heterocycles. The standard InChI is InChI=1S/C25H30N4O3/c1-26(2)12-13-27-14-16-28(17-15-27)18-22-23(25(31)32)20-10-6-7-11-21(20)24(30)29(22)19-8-4-3-5-9-19/h3-11H,12-18H2,1-2H3,(H,31,32). The molecule has 2 aromatic carbocycles. The second-order valence-electron chi connectivity index (χ2n) is 8.57. The lowest BCUT2D eigenvalue weighted by Crippen LogP contribution is -2.48. The predicted molar refractivity (Wildman–Crippen MR) is 127 cm³/mol. The van der Waals surface area contributed by atoms with Gasteiger partial charge in [-0.15, -0.1) is 0 Å². The van der Waals surface area contributed by atoms with E-state index in [1.807, 2.05) is 30.3 Å². The van der Waals surface area contributed by atoms with Gasteiger partial charge in [-0.05, 0) is 32.3 Å². The zero-order valence-electron chi connectivity index (χ0n) is 18.7. The molecular formula is C25H30N4O3. The molecule has 1 N–H and O–H groups in total. The van der Waals surface area contributed by atoms with Crippen LogP contribution in [-0.4, -0.2) is 83.7 Å². The molecule has 0 radical (unpaired) electrons. The fraction of sp³-hybridized carbons (Fsp3) is 0.360. The Hall–Kier alpha value is -3.00. The van der Waals surface area contributed by atoms with Gasteiger partial charge in [0.25, 0.3) is 5.56 Å². The van der Waals surface area contributed by atoms with E-state index in [0.717, 1.165) is 39.3 Å². The van der Waals surface area contributed by atoms with Crippen LogP contribution >= 0.6 is 0 Å². The Morgan fingerprint density at radius 2 is 1.50 bits per heavy atom. The first-order chi connectivity index (χ1) is 15.5. The summed E-state index contributed by atoms with van der Waals surface area (Å²) in [7, 11) is 4.15. The summed E-state index contributed by atoms with van der Waals surface area (Å²) in [6.45, 7) is 5.98.